The number of anilines is 3. The Hall–Kier alpha value is -4.41. The number of hydrogen-bond donors (Lipinski definition) is 3. The summed E-state index contributed by atoms with van der Waals surface area (Å²) in [6, 6.07) is 8.76. The fourth-order valence-corrected chi connectivity index (χ4v) is 3.95. The van der Waals surface area contributed by atoms with Gasteiger partial charge in [0.1, 0.15) is 11.9 Å². The van der Waals surface area contributed by atoms with E-state index < -0.39 is 6.04 Å². The van der Waals surface area contributed by atoms with E-state index >= 15 is 0 Å². The van der Waals surface area contributed by atoms with Gasteiger partial charge < -0.3 is 25.8 Å². The van der Waals surface area contributed by atoms with Gasteiger partial charge in [-0.25, -0.2) is 4.98 Å². The number of aromatic nitrogens is 2. The Kier molecular flexibility index (Phi) is 10.6. The van der Waals surface area contributed by atoms with Gasteiger partial charge in [0.2, 0.25) is 17.8 Å². The first kappa shape index (κ1) is 28.2. The van der Waals surface area contributed by atoms with E-state index in [0.29, 0.717) is 61.8 Å². The van der Waals surface area contributed by atoms with E-state index in [9.17, 15) is 9.59 Å². The van der Waals surface area contributed by atoms with E-state index in [2.05, 4.69) is 43.8 Å². The van der Waals surface area contributed by atoms with E-state index in [1.807, 2.05) is 31.1 Å². The summed E-state index contributed by atoms with van der Waals surface area (Å²) in [7, 11) is 5.64. The van der Waals surface area contributed by atoms with Gasteiger partial charge in [-0.2, -0.15) is 10.2 Å². The number of benzene rings is 1. The fraction of sp³-hybridized carbons (Fsp3) is 0.393. The smallest absolute Gasteiger partial charge is 0.246 e. The van der Waals surface area contributed by atoms with Crippen molar-refractivity contribution >= 4 is 29.3 Å². The number of rotatable bonds is 10. The Bertz CT molecular complexity index is 1260. The number of unbranched alkanes of at least 4 members (excludes halogenated alkanes) is 1. The van der Waals surface area contributed by atoms with Gasteiger partial charge in [0, 0.05) is 44.9 Å². The van der Waals surface area contributed by atoms with E-state index in [1.165, 1.54) is 0 Å². The van der Waals surface area contributed by atoms with Crippen molar-refractivity contribution in [1.82, 2.24) is 25.1 Å². The molecule has 0 radical (unpaired) electrons. The molecule has 2 heterocycles. The number of likely N-dealkylation sites (N-methyl/N-ethyl adjacent to an activating group) is 1. The summed E-state index contributed by atoms with van der Waals surface area (Å²) in [5.74, 6) is 6.94. The second-order valence-corrected chi connectivity index (χ2v) is 9.07. The van der Waals surface area contributed by atoms with Crippen LogP contribution in [0.5, 0.6) is 0 Å². The van der Waals surface area contributed by atoms with Crippen LogP contribution in [-0.2, 0) is 9.59 Å². The molecule has 1 aromatic carbocycles. The zero-order valence-corrected chi connectivity index (χ0v) is 22.1. The summed E-state index contributed by atoms with van der Waals surface area (Å²) in [5.41, 5.74) is 1.93. The Morgan fingerprint density at radius 2 is 2.16 bits per heavy atom. The second-order valence-electron chi connectivity index (χ2n) is 9.07. The van der Waals surface area contributed by atoms with Crippen LogP contribution in [0.2, 0.25) is 0 Å². The number of likely N-dealkylation sites (tertiary alicyclic amines) is 1. The summed E-state index contributed by atoms with van der Waals surface area (Å²) >= 11 is 0. The maximum Gasteiger partial charge on any atom is 0.246 e. The Labute approximate surface area is 224 Å². The fourth-order valence-electron chi connectivity index (χ4n) is 3.95. The van der Waals surface area contributed by atoms with Crippen LogP contribution in [0.1, 0.15) is 36.8 Å². The van der Waals surface area contributed by atoms with Crippen LogP contribution in [-0.4, -0.2) is 78.4 Å². The van der Waals surface area contributed by atoms with Crippen LogP contribution in [0.25, 0.3) is 0 Å². The van der Waals surface area contributed by atoms with Crippen LogP contribution < -0.4 is 16.0 Å². The predicted octanol–water partition coefficient (Wildman–Crippen LogP) is 2.49. The molecule has 0 aliphatic carbocycles. The second kappa shape index (κ2) is 14.4. The number of hydrogen-bond acceptors (Lipinski definition) is 8. The Morgan fingerprint density at radius 3 is 2.92 bits per heavy atom. The molecule has 3 rings (SSSR count). The molecule has 1 aromatic heterocycles. The van der Waals surface area contributed by atoms with Crippen molar-refractivity contribution in [2.75, 3.05) is 51.4 Å². The molecule has 2 aromatic rings. The minimum absolute atomic E-state index is 0.112. The summed E-state index contributed by atoms with van der Waals surface area (Å²) in [6.45, 7) is 1.77. The van der Waals surface area contributed by atoms with E-state index in [4.69, 9.17) is 5.26 Å². The van der Waals surface area contributed by atoms with Crippen LogP contribution >= 0.6 is 0 Å². The molecule has 1 atom stereocenters. The third-order valence-electron chi connectivity index (χ3n) is 5.84. The van der Waals surface area contributed by atoms with Crippen molar-refractivity contribution in [1.29, 1.82) is 5.26 Å². The van der Waals surface area contributed by atoms with Crippen molar-refractivity contribution < 1.29 is 9.59 Å². The maximum absolute atomic E-state index is 12.7. The lowest BCUT2D eigenvalue weighted by Crippen LogP contribution is -2.45. The molecule has 1 saturated heterocycles. The topological polar surface area (TPSA) is 126 Å². The van der Waals surface area contributed by atoms with Gasteiger partial charge in [-0.05, 0) is 51.6 Å². The minimum Gasteiger partial charge on any atom is -0.372 e. The van der Waals surface area contributed by atoms with Gasteiger partial charge in [-0.15, -0.1) is 0 Å². The van der Waals surface area contributed by atoms with Gasteiger partial charge in [0.05, 0.1) is 23.4 Å². The quantitative estimate of drug-likeness (QED) is 0.251. The molecule has 0 bridgehead atoms. The van der Waals surface area contributed by atoms with E-state index in [0.717, 1.165) is 12.1 Å². The van der Waals surface area contributed by atoms with Crippen LogP contribution in [0.3, 0.4) is 0 Å². The molecule has 3 N–H and O–H groups in total. The number of nitrogens with one attached hydrogen (secondary N) is 3. The first-order chi connectivity index (χ1) is 18.4. The van der Waals surface area contributed by atoms with Crippen LogP contribution in [0, 0.1) is 23.2 Å². The van der Waals surface area contributed by atoms with Crippen LogP contribution in [0.15, 0.2) is 42.6 Å². The molecule has 10 nitrogen and oxygen atoms in total. The van der Waals surface area contributed by atoms with E-state index in [-0.39, 0.29) is 11.8 Å². The molecule has 38 heavy (non-hydrogen) atoms. The van der Waals surface area contributed by atoms with Crippen molar-refractivity contribution in [2.24, 2.45) is 0 Å². The lowest BCUT2D eigenvalue weighted by molar-refractivity contribution is -0.135. The standard InChI is InChI=1S/C28H34N8O2/c1-30-26-22(20-32-28(34-26)33-23-12-7-10-21(18-23)19-29)11-5-4-6-15-31-27(38)24-13-8-17-36(24)25(37)14-9-16-35(2)3/h7,9-10,12,14,18,20,24H,4,6,8,13,15-17H2,1-3H3,(H,31,38)(H2,30,32,33,34)/b14-9+/t24-/m0/s1. The number of nitriles is 1. The number of carbonyl (C=O) groups is 2. The number of carbonyl (C=O) groups excluding carboxylic acids is 2. The van der Waals surface area contributed by atoms with Crippen molar-refractivity contribution in [3.8, 4) is 17.9 Å². The monoisotopic (exact) mass is 514 g/mol. The predicted molar refractivity (Wildman–Crippen MR) is 148 cm³/mol. The SMILES string of the molecule is CNc1nc(Nc2cccc(C#N)c2)ncc1C#CCCCNC(=O)[C@@H]1CCCN1C(=O)/C=C/CN(C)C. The summed E-state index contributed by atoms with van der Waals surface area (Å²) in [6.07, 6.45) is 7.80. The molecule has 1 aliphatic rings. The molecule has 1 aliphatic heterocycles. The Balaban J connectivity index is 1.46. The lowest BCUT2D eigenvalue weighted by Gasteiger charge is -2.22. The normalized spacial score (nSPS) is 14.6. The van der Waals surface area contributed by atoms with Gasteiger partial charge in [0.25, 0.3) is 0 Å². The van der Waals surface area contributed by atoms with Gasteiger partial charge in [-0.1, -0.05) is 24.0 Å². The molecular formula is C28H34N8O2. The zero-order chi connectivity index (χ0) is 27.3. The van der Waals surface area contributed by atoms with Crippen molar-refractivity contribution in [2.45, 2.75) is 31.7 Å². The molecule has 0 spiro atoms. The summed E-state index contributed by atoms with van der Waals surface area (Å²) in [5, 5.41) is 18.1. The van der Waals surface area contributed by atoms with Crippen molar-refractivity contribution in [3.63, 3.8) is 0 Å². The lowest BCUT2D eigenvalue weighted by atomic mass is 10.2. The maximum atomic E-state index is 12.7. The minimum atomic E-state index is -0.414. The van der Waals surface area contributed by atoms with Gasteiger partial charge >= 0.3 is 0 Å². The van der Waals surface area contributed by atoms with Gasteiger partial charge in [0.15, 0.2) is 0 Å². The average Bonchev–Trinajstić information content (AvgIpc) is 3.41. The first-order valence-electron chi connectivity index (χ1n) is 12.6. The first-order valence-corrected chi connectivity index (χ1v) is 12.6. The largest absolute Gasteiger partial charge is 0.372 e. The Morgan fingerprint density at radius 1 is 1.32 bits per heavy atom. The third kappa shape index (κ3) is 8.32. The molecule has 1 fully saturated rings. The highest BCUT2D eigenvalue weighted by atomic mass is 16.2. The highest BCUT2D eigenvalue weighted by Crippen LogP contribution is 2.19. The average molecular weight is 515 g/mol. The number of amides is 2. The molecule has 198 valence electrons. The van der Waals surface area contributed by atoms with Crippen LogP contribution in [0.4, 0.5) is 17.5 Å². The summed E-state index contributed by atoms with van der Waals surface area (Å²) in [4.78, 5) is 37.5. The van der Waals surface area contributed by atoms with E-state index in [1.54, 1.807) is 42.4 Å². The molecule has 2 amide bonds. The zero-order valence-electron chi connectivity index (χ0n) is 22.1. The highest BCUT2D eigenvalue weighted by molar-refractivity contribution is 5.93. The molecule has 0 unspecified atom stereocenters. The highest BCUT2D eigenvalue weighted by Gasteiger charge is 2.32. The number of nitrogens with zero attached hydrogens (tertiary/aromatic N) is 5. The molecule has 10 heteroatoms. The third-order valence-corrected chi connectivity index (χ3v) is 5.84. The van der Waals surface area contributed by atoms with Gasteiger partial charge in [-0.3, -0.25) is 9.59 Å². The van der Waals surface area contributed by atoms with Crippen molar-refractivity contribution in [3.05, 3.63) is 53.7 Å². The molecule has 0 saturated carbocycles. The molecular weight excluding hydrogens is 480 g/mol. The summed E-state index contributed by atoms with van der Waals surface area (Å²) < 4.78 is 0.